The summed E-state index contributed by atoms with van der Waals surface area (Å²) in [4.78, 5) is 39.3. The summed E-state index contributed by atoms with van der Waals surface area (Å²) in [6.07, 6.45) is 0. The van der Waals surface area contributed by atoms with Gasteiger partial charge < -0.3 is 20.1 Å². The van der Waals surface area contributed by atoms with Crippen LogP contribution in [0.4, 0.5) is 10.5 Å². The Hall–Kier alpha value is -3.55. The Bertz CT molecular complexity index is 1040. The number of rotatable bonds is 5. The molecule has 0 aromatic heterocycles. The zero-order valence-corrected chi connectivity index (χ0v) is 19.1. The topological polar surface area (TPSA) is 99.2 Å². The maximum atomic E-state index is 12.6. The fourth-order valence-electron chi connectivity index (χ4n) is 3.72. The highest BCUT2D eigenvalue weighted by Crippen LogP contribution is 2.35. The largest absolute Gasteiger partial charge is 0.508 e. The Balaban J connectivity index is 1.76. The molecular formula is C24H29N3O5. The molecule has 0 aliphatic carbocycles. The third-order valence-corrected chi connectivity index (χ3v) is 5.49. The van der Waals surface area contributed by atoms with Crippen molar-refractivity contribution in [2.45, 2.75) is 40.5 Å². The number of phenolic OH excluding ortho intramolecular Hbond substituents is 1. The van der Waals surface area contributed by atoms with Gasteiger partial charge in [0.2, 0.25) is 0 Å². The number of aromatic hydroxyl groups is 1. The van der Waals surface area contributed by atoms with Crippen LogP contribution in [-0.4, -0.2) is 52.4 Å². The number of imide groups is 1. The van der Waals surface area contributed by atoms with Crippen molar-refractivity contribution in [2.75, 3.05) is 25.0 Å². The van der Waals surface area contributed by atoms with Gasteiger partial charge in [0.05, 0.1) is 0 Å². The zero-order valence-electron chi connectivity index (χ0n) is 19.1. The summed E-state index contributed by atoms with van der Waals surface area (Å²) < 4.78 is 6.08. The molecule has 1 aliphatic rings. The standard InChI is InChI=1S/C24H29N3O5/c1-6-26-9-10-27(23(30)22(26)29)24(31)25-17-11-15(4)21(16(5)12-17)32-18-7-8-20(28)19(13-18)14(2)3/h7-8,11-14,28H,6,9-10H2,1-5H3,(H,25,31). The van der Waals surface area contributed by atoms with Gasteiger partial charge in [0.15, 0.2) is 0 Å². The van der Waals surface area contributed by atoms with E-state index < -0.39 is 17.8 Å². The number of ether oxygens (including phenoxy) is 1. The quantitative estimate of drug-likeness (QED) is 0.682. The average molecular weight is 440 g/mol. The van der Waals surface area contributed by atoms with Crippen LogP contribution in [0.5, 0.6) is 17.2 Å². The first-order chi connectivity index (χ1) is 15.1. The predicted molar refractivity (Wildman–Crippen MR) is 121 cm³/mol. The molecule has 2 aromatic carbocycles. The monoisotopic (exact) mass is 439 g/mol. The Morgan fingerprint density at radius 2 is 1.75 bits per heavy atom. The number of nitrogens with one attached hydrogen (secondary N) is 1. The van der Waals surface area contributed by atoms with E-state index in [0.29, 0.717) is 30.3 Å². The average Bonchev–Trinajstić information content (AvgIpc) is 2.73. The molecule has 2 aromatic rings. The molecule has 3 rings (SSSR count). The van der Waals surface area contributed by atoms with Gasteiger partial charge in [0, 0.05) is 30.9 Å². The van der Waals surface area contributed by atoms with Crippen LogP contribution >= 0.6 is 0 Å². The maximum absolute atomic E-state index is 12.6. The first-order valence-electron chi connectivity index (χ1n) is 10.7. The number of benzene rings is 2. The van der Waals surface area contributed by atoms with E-state index >= 15 is 0 Å². The molecule has 1 aliphatic heterocycles. The molecule has 1 saturated heterocycles. The molecule has 0 unspecified atom stereocenters. The molecule has 0 spiro atoms. The van der Waals surface area contributed by atoms with Crippen LogP contribution in [-0.2, 0) is 9.59 Å². The van der Waals surface area contributed by atoms with Gasteiger partial charge in [-0.2, -0.15) is 0 Å². The van der Waals surface area contributed by atoms with Crippen molar-refractivity contribution < 1.29 is 24.2 Å². The molecule has 0 atom stereocenters. The smallest absolute Gasteiger partial charge is 0.329 e. The van der Waals surface area contributed by atoms with Crippen molar-refractivity contribution in [3.05, 3.63) is 47.0 Å². The lowest BCUT2D eigenvalue weighted by Gasteiger charge is -2.31. The van der Waals surface area contributed by atoms with E-state index in [1.165, 1.54) is 4.90 Å². The minimum Gasteiger partial charge on any atom is -0.508 e. The number of urea groups is 1. The Morgan fingerprint density at radius 1 is 1.09 bits per heavy atom. The normalized spacial score (nSPS) is 14.2. The van der Waals surface area contributed by atoms with Gasteiger partial charge in [-0.1, -0.05) is 13.8 Å². The summed E-state index contributed by atoms with van der Waals surface area (Å²) in [5, 5.41) is 12.7. The van der Waals surface area contributed by atoms with E-state index in [9.17, 15) is 19.5 Å². The first-order valence-corrected chi connectivity index (χ1v) is 10.7. The zero-order chi connectivity index (χ0) is 23.6. The van der Waals surface area contributed by atoms with E-state index in [-0.39, 0.29) is 18.2 Å². The molecule has 1 heterocycles. The number of hydrogen-bond donors (Lipinski definition) is 2. The van der Waals surface area contributed by atoms with E-state index in [1.54, 1.807) is 31.2 Å². The van der Waals surface area contributed by atoms with Crippen LogP contribution in [0.15, 0.2) is 30.3 Å². The number of amides is 4. The first kappa shape index (κ1) is 23.1. The van der Waals surface area contributed by atoms with E-state index in [0.717, 1.165) is 21.6 Å². The molecule has 170 valence electrons. The Kier molecular flexibility index (Phi) is 6.72. The molecule has 8 nitrogen and oxygen atoms in total. The van der Waals surface area contributed by atoms with Gasteiger partial charge in [-0.05, 0) is 68.1 Å². The Morgan fingerprint density at radius 3 is 2.34 bits per heavy atom. The second-order valence-corrected chi connectivity index (χ2v) is 8.19. The van der Waals surface area contributed by atoms with Crippen LogP contribution in [0.25, 0.3) is 0 Å². The fraction of sp³-hybridized carbons (Fsp3) is 0.375. The van der Waals surface area contributed by atoms with Gasteiger partial charge in [-0.3, -0.25) is 14.5 Å². The van der Waals surface area contributed by atoms with Crippen LogP contribution in [0, 0.1) is 13.8 Å². The molecule has 0 radical (unpaired) electrons. The SMILES string of the molecule is CCN1CCN(C(=O)Nc2cc(C)c(Oc3ccc(O)c(C(C)C)c3)c(C)c2)C(=O)C1=O. The van der Waals surface area contributed by atoms with Crippen molar-refractivity contribution in [2.24, 2.45) is 0 Å². The number of anilines is 1. The molecule has 1 fully saturated rings. The highest BCUT2D eigenvalue weighted by molar-refractivity contribution is 6.38. The minimum atomic E-state index is -0.822. The van der Waals surface area contributed by atoms with E-state index in [4.69, 9.17) is 4.74 Å². The maximum Gasteiger partial charge on any atom is 0.329 e. The van der Waals surface area contributed by atoms with Crippen molar-refractivity contribution in [1.82, 2.24) is 9.80 Å². The number of aryl methyl sites for hydroxylation is 2. The number of piperazine rings is 1. The number of likely N-dealkylation sites (N-methyl/N-ethyl adjacent to an activating group) is 1. The molecule has 0 saturated carbocycles. The summed E-state index contributed by atoms with van der Waals surface area (Å²) >= 11 is 0. The van der Waals surface area contributed by atoms with Gasteiger partial charge in [-0.25, -0.2) is 4.79 Å². The minimum absolute atomic E-state index is 0.145. The van der Waals surface area contributed by atoms with Gasteiger partial charge in [0.25, 0.3) is 0 Å². The van der Waals surface area contributed by atoms with Crippen molar-refractivity contribution in [3.63, 3.8) is 0 Å². The van der Waals surface area contributed by atoms with Gasteiger partial charge in [0.1, 0.15) is 17.2 Å². The number of phenols is 1. The molecule has 4 amide bonds. The highest BCUT2D eigenvalue weighted by Gasteiger charge is 2.35. The molecule has 32 heavy (non-hydrogen) atoms. The summed E-state index contributed by atoms with van der Waals surface area (Å²) in [6, 6.07) is 7.99. The molecule has 8 heteroatoms. The van der Waals surface area contributed by atoms with E-state index in [1.807, 2.05) is 33.8 Å². The second-order valence-electron chi connectivity index (χ2n) is 8.19. The van der Waals surface area contributed by atoms with Crippen LogP contribution in [0.1, 0.15) is 43.4 Å². The van der Waals surface area contributed by atoms with Crippen LogP contribution in [0.3, 0.4) is 0 Å². The lowest BCUT2D eigenvalue weighted by Crippen LogP contribution is -2.56. The summed E-state index contributed by atoms with van der Waals surface area (Å²) in [5.41, 5.74) is 2.88. The third-order valence-electron chi connectivity index (χ3n) is 5.49. The van der Waals surface area contributed by atoms with Gasteiger partial charge >= 0.3 is 17.8 Å². The number of hydrogen-bond acceptors (Lipinski definition) is 5. The number of carbonyl (C=O) groups is 3. The van der Waals surface area contributed by atoms with Crippen LogP contribution < -0.4 is 10.1 Å². The van der Waals surface area contributed by atoms with Gasteiger partial charge in [-0.15, -0.1) is 0 Å². The summed E-state index contributed by atoms with van der Waals surface area (Å²) in [5.74, 6) is 0.134. The molecule has 0 bridgehead atoms. The lowest BCUT2D eigenvalue weighted by molar-refractivity contribution is -0.153. The fourth-order valence-corrected chi connectivity index (χ4v) is 3.72. The van der Waals surface area contributed by atoms with E-state index in [2.05, 4.69) is 5.32 Å². The lowest BCUT2D eigenvalue weighted by atomic mass is 10.0. The van der Waals surface area contributed by atoms with Crippen molar-refractivity contribution in [1.29, 1.82) is 0 Å². The second kappa shape index (κ2) is 9.30. The summed E-state index contributed by atoms with van der Waals surface area (Å²) in [6.45, 7) is 10.4. The van der Waals surface area contributed by atoms with Crippen molar-refractivity contribution >= 4 is 23.5 Å². The number of carbonyl (C=O) groups excluding carboxylic acids is 3. The van der Waals surface area contributed by atoms with Crippen molar-refractivity contribution in [3.8, 4) is 17.2 Å². The number of nitrogens with zero attached hydrogens (tertiary/aromatic N) is 2. The summed E-state index contributed by atoms with van der Waals surface area (Å²) in [7, 11) is 0. The molecular weight excluding hydrogens is 410 g/mol. The third kappa shape index (κ3) is 4.69. The molecule has 2 N–H and O–H groups in total. The predicted octanol–water partition coefficient (Wildman–Crippen LogP) is 4.15. The highest BCUT2D eigenvalue weighted by atomic mass is 16.5. The van der Waals surface area contributed by atoms with Crippen LogP contribution in [0.2, 0.25) is 0 Å². The Labute approximate surface area is 187 Å².